The van der Waals surface area contributed by atoms with Crippen molar-refractivity contribution in [3.63, 3.8) is 0 Å². The topological polar surface area (TPSA) is 136 Å². The minimum absolute atomic E-state index is 0.0510. The maximum atomic E-state index is 12.6. The Labute approximate surface area is 189 Å². The number of primary amides is 1. The van der Waals surface area contributed by atoms with Crippen LogP contribution < -0.4 is 16.0 Å². The summed E-state index contributed by atoms with van der Waals surface area (Å²) in [5.74, 6) is 2.36. The molecule has 0 unspecified atom stereocenters. The van der Waals surface area contributed by atoms with Crippen molar-refractivity contribution < 1.29 is 13.7 Å². The van der Waals surface area contributed by atoms with E-state index in [1.165, 1.54) is 0 Å². The van der Waals surface area contributed by atoms with E-state index in [4.69, 9.17) is 20.4 Å². The van der Waals surface area contributed by atoms with Crippen LogP contribution in [0.15, 0.2) is 23.4 Å². The van der Waals surface area contributed by atoms with Gasteiger partial charge in [0.1, 0.15) is 17.3 Å². The third-order valence-corrected chi connectivity index (χ3v) is 6.73. The minimum Gasteiger partial charge on any atom is -0.447 e. The predicted molar refractivity (Wildman–Crippen MR) is 122 cm³/mol. The van der Waals surface area contributed by atoms with Crippen LogP contribution in [0.25, 0.3) is 5.57 Å². The number of aryl methyl sites for hydroxylation is 2. The van der Waals surface area contributed by atoms with Gasteiger partial charge in [-0.25, -0.2) is 19.7 Å². The second-order valence-corrected chi connectivity index (χ2v) is 10.1. The number of amides is 1. The first-order valence-corrected chi connectivity index (χ1v) is 11.8. The lowest BCUT2D eigenvalue weighted by molar-refractivity contribution is 0.138. The van der Waals surface area contributed by atoms with E-state index in [0.29, 0.717) is 35.4 Å². The number of nitrogens with one attached hydrogen (secondary N) is 1. The van der Waals surface area contributed by atoms with E-state index < -0.39 is 22.4 Å². The molecule has 0 spiro atoms. The van der Waals surface area contributed by atoms with Gasteiger partial charge >= 0.3 is 6.09 Å². The van der Waals surface area contributed by atoms with Crippen LogP contribution in [0, 0.1) is 6.92 Å². The summed E-state index contributed by atoms with van der Waals surface area (Å²) < 4.78 is 17.6. The zero-order chi connectivity index (χ0) is 22.9. The van der Waals surface area contributed by atoms with Crippen LogP contribution in [-0.4, -0.2) is 61.2 Å². The van der Waals surface area contributed by atoms with Gasteiger partial charge in [0.15, 0.2) is 5.82 Å². The lowest BCUT2D eigenvalue weighted by Gasteiger charge is -2.29. The number of hydrogen-bond acceptors (Lipinski definition) is 9. The van der Waals surface area contributed by atoms with Crippen molar-refractivity contribution in [2.24, 2.45) is 5.73 Å². The summed E-state index contributed by atoms with van der Waals surface area (Å²) in [6.07, 6.45) is 6.31. The van der Waals surface area contributed by atoms with Crippen molar-refractivity contribution in [1.82, 2.24) is 19.9 Å². The molecule has 2 aromatic rings. The summed E-state index contributed by atoms with van der Waals surface area (Å²) in [5.41, 5.74) is 7.37. The lowest BCUT2D eigenvalue weighted by Crippen LogP contribution is -2.39. The van der Waals surface area contributed by atoms with Gasteiger partial charge in [-0.1, -0.05) is 6.08 Å². The van der Waals surface area contributed by atoms with Crippen LogP contribution in [0.2, 0.25) is 0 Å². The van der Waals surface area contributed by atoms with Crippen LogP contribution in [-0.2, 0) is 22.0 Å². The second kappa shape index (κ2) is 8.81. The number of aromatic nitrogens is 4. The highest BCUT2D eigenvalue weighted by Gasteiger charge is 2.31. The average Bonchev–Trinajstić information content (AvgIpc) is 3.14. The smallest absolute Gasteiger partial charge is 0.404 e. The highest BCUT2D eigenvalue weighted by molar-refractivity contribution is 7.85. The van der Waals surface area contributed by atoms with E-state index in [0.717, 1.165) is 35.6 Å². The Balaban J connectivity index is 1.58. The number of anilines is 2. The number of rotatable bonds is 6. The number of ether oxygens (including phenoxy) is 1. The highest BCUT2D eigenvalue weighted by atomic mass is 32.2. The van der Waals surface area contributed by atoms with Gasteiger partial charge in [-0.2, -0.15) is 4.98 Å². The van der Waals surface area contributed by atoms with Crippen molar-refractivity contribution in [3.8, 4) is 0 Å². The fraction of sp³-hybridized carbons (Fsp3) is 0.476. The molecule has 4 heterocycles. The zero-order valence-corrected chi connectivity index (χ0v) is 19.2. The third-order valence-electron chi connectivity index (χ3n) is 5.27. The van der Waals surface area contributed by atoms with Crippen molar-refractivity contribution in [1.29, 1.82) is 0 Å². The maximum Gasteiger partial charge on any atom is 0.404 e. The molecule has 1 amide bonds. The van der Waals surface area contributed by atoms with E-state index in [2.05, 4.69) is 26.3 Å². The molecule has 1 atom stereocenters. The van der Waals surface area contributed by atoms with Gasteiger partial charge < -0.3 is 20.7 Å². The molecule has 4 rings (SSSR count). The first-order chi connectivity index (χ1) is 15.2. The van der Waals surface area contributed by atoms with Gasteiger partial charge in [0, 0.05) is 37.7 Å². The average molecular weight is 458 g/mol. The van der Waals surface area contributed by atoms with Crippen LogP contribution >= 0.6 is 0 Å². The summed E-state index contributed by atoms with van der Waals surface area (Å²) in [6.45, 7) is 7.08. The molecule has 10 nitrogen and oxygen atoms in total. The molecule has 32 heavy (non-hydrogen) atoms. The maximum absolute atomic E-state index is 12.6. The van der Waals surface area contributed by atoms with E-state index in [-0.39, 0.29) is 6.61 Å². The summed E-state index contributed by atoms with van der Waals surface area (Å²) in [7, 11) is -1.17. The molecule has 2 aromatic heterocycles. The number of nitrogens with two attached hydrogens (primary N) is 1. The highest BCUT2D eigenvalue weighted by Crippen LogP contribution is 2.32. The molecule has 0 aliphatic carbocycles. The zero-order valence-electron chi connectivity index (χ0n) is 18.4. The van der Waals surface area contributed by atoms with Crippen molar-refractivity contribution in [2.75, 3.05) is 35.7 Å². The van der Waals surface area contributed by atoms with E-state index in [1.807, 2.05) is 33.2 Å². The van der Waals surface area contributed by atoms with Crippen LogP contribution in [0.3, 0.4) is 0 Å². The van der Waals surface area contributed by atoms with Crippen molar-refractivity contribution in [2.45, 2.75) is 44.0 Å². The first kappa shape index (κ1) is 22.1. The number of hydrogen-bond donors (Lipinski definition) is 2. The number of nitrogens with zero attached hydrogens (tertiary/aromatic N) is 5. The summed E-state index contributed by atoms with van der Waals surface area (Å²) in [5, 5.41) is 3.28. The Kier molecular flexibility index (Phi) is 6.09. The quantitative estimate of drug-likeness (QED) is 0.665. The molecule has 3 N–H and O–H groups in total. The molecule has 0 saturated heterocycles. The Morgan fingerprint density at radius 3 is 2.69 bits per heavy atom. The SMILES string of the molecule is Cc1cnc(C2=CCN(c3nc4c(c(NC(C)(C)COC(N)=O)n3)[S@@](=O)CC4)CC2)nc1. The Hall–Kier alpha value is -3.08. The second-order valence-electron chi connectivity index (χ2n) is 8.57. The standard InChI is InChI=1S/C21H27N7O3S/c1-13-10-23-17(24-11-13)14-4-7-28(8-5-14)20-25-15-6-9-32(30)16(15)18(26-20)27-21(2,3)12-31-19(22)29/h4,10-11H,5-9,12H2,1-3H3,(H2,22,29)(H,25,26,27)/t32-/m0/s1. The van der Waals surface area contributed by atoms with Gasteiger partial charge in [0.25, 0.3) is 0 Å². The Morgan fingerprint density at radius 2 is 2.03 bits per heavy atom. The van der Waals surface area contributed by atoms with Crippen LogP contribution in [0.4, 0.5) is 16.6 Å². The fourth-order valence-electron chi connectivity index (χ4n) is 3.63. The molecule has 2 aliphatic rings. The predicted octanol–water partition coefficient (Wildman–Crippen LogP) is 1.82. The molecule has 170 valence electrons. The van der Waals surface area contributed by atoms with E-state index in [1.54, 1.807) is 0 Å². The van der Waals surface area contributed by atoms with Gasteiger partial charge in [0.2, 0.25) is 5.95 Å². The molecule has 0 bridgehead atoms. The van der Waals surface area contributed by atoms with Gasteiger partial charge in [-0.05, 0) is 38.3 Å². The molecule has 0 radical (unpaired) electrons. The van der Waals surface area contributed by atoms with E-state index >= 15 is 0 Å². The summed E-state index contributed by atoms with van der Waals surface area (Å²) in [6, 6.07) is 0. The summed E-state index contributed by atoms with van der Waals surface area (Å²) >= 11 is 0. The van der Waals surface area contributed by atoms with E-state index in [9.17, 15) is 9.00 Å². The molecule has 0 fully saturated rings. The van der Waals surface area contributed by atoms with Crippen LogP contribution in [0.5, 0.6) is 0 Å². The normalized spacial score (nSPS) is 18.2. The number of carbonyl (C=O) groups is 1. The van der Waals surface area contributed by atoms with Gasteiger partial charge in [-0.3, -0.25) is 4.21 Å². The molecule has 0 aromatic carbocycles. The summed E-state index contributed by atoms with van der Waals surface area (Å²) in [4.78, 5) is 32.0. The Bertz CT molecular complexity index is 1090. The fourth-order valence-corrected chi connectivity index (χ4v) is 4.94. The van der Waals surface area contributed by atoms with Crippen molar-refractivity contribution in [3.05, 3.63) is 35.6 Å². The van der Waals surface area contributed by atoms with Gasteiger partial charge in [-0.15, -0.1) is 0 Å². The Morgan fingerprint density at radius 1 is 1.28 bits per heavy atom. The first-order valence-electron chi connectivity index (χ1n) is 10.4. The molecule has 11 heteroatoms. The monoisotopic (exact) mass is 457 g/mol. The third kappa shape index (κ3) is 4.87. The minimum atomic E-state index is -1.17. The molecule has 0 saturated carbocycles. The largest absolute Gasteiger partial charge is 0.447 e. The van der Waals surface area contributed by atoms with Crippen LogP contribution in [0.1, 0.15) is 37.4 Å². The molecular formula is C21H27N7O3S. The number of carbonyl (C=O) groups excluding carboxylic acids is 1. The molecule has 2 aliphatic heterocycles. The lowest BCUT2D eigenvalue weighted by atomic mass is 10.1. The van der Waals surface area contributed by atoms with Crippen molar-refractivity contribution >= 4 is 34.2 Å². The molecular weight excluding hydrogens is 430 g/mol. The number of fused-ring (bicyclic) bond motifs is 1. The van der Waals surface area contributed by atoms with Gasteiger partial charge in [0.05, 0.1) is 22.0 Å².